The highest BCUT2D eigenvalue weighted by molar-refractivity contribution is 6.05. The van der Waals surface area contributed by atoms with E-state index in [0.717, 1.165) is 11.1 Å². The Hall–Kier alpha value is -4.72. The minimum absolute atomic E-state index is 0.0597. The first kappa shape index (κ1) is 25.9. The van der Waals surface area contributed by atoms with E-state index in [1.54, 1.807) is 47.7 Å². The van der Waals surface area contributed by atoms with Gasteiger partial charge in [-0.3, -0.25) is 14.3 Å². The van der Waals surface area contributed by atoms with Crippen LogP contribution in [-0.2, 0) is 12.6 Å². The number of hydrogen-bond donors (Lipinski definition) is 2. The maximum atomic E-state index is 13.4. The van der Waals surface area contributed by atoms with Gasteiger partial charge >= 0.3 is 0 Å². The lowest BCUT2D eigenvalue weighted by Gasteiger charge is -2.29. The van der Waals surface area contributed by atoms with Crippen LogP contribution in [0.5, 0.6) is 5.88 Å². The molecule has 1 aromatic carbocycles. The van der Waals surface area contributed by atoms with Gasteiger partial charge in [0.15, 0.2) is 5.69 Å². The van der Waals surface area contributed by atoms with Gasteiger partial charge in [0.25, 0.3) is 11.8 Å². The van der Waals surface area contributed by atoms with E-state index in [0.29, 0.717) is 36.6 Å². The number of carbonyl (C=O) groups excluding carboxylic acids is 2. The maximum Gasteiger partial charge on any atom is 0.272 e. The fourth-order valence-corrected chi connectivity index (χ4v) is 4.91. The molecule has 0 atom stereocenters. The summed E-state index contributed by atoms with van der Waals surface area (Å²) in [4.78, 5) is 29.2. The van der Waals surface area contributed by atoms with Crippen LogP contribution in [0.3, 0.4) is 0 Å². The largest absolute Gasteiger partial charge is 0.474 e. The lowest BCUT2D eigenvalue weighted by Crippen LogP contribution is -2.40. The Balaban J connectivity index is 1.33. The van der Waals surface area contributed by atoms with Crippen molar-refractivity contribution < 1.29 is 14.3 Å². The van der Waals surface area contributed by atoms with Crippen molar-refractivity contribution in [2.75, 3.05) is 0 Å². The topological polar surface area (TPSA) is 154 Å². The van der Waals surface area contributed by atoms with Crippen molar-refractivity contribution in [3.63, 3.8) is 0 Å². The highest BCUT2D eigenvalue weighted by Gasteiger charge is 2.30. The number of aryl methyl sites for hydroxylation is 1. The van der Waals surface area contributed by atoms with E-state index in [-0.39, 0.29) is 35.2 Å². The standard InChI is InChI=1S/C28H30N8O3/c1-28(2,16-29)36-23-13-17(18-14-32-35(3)15-18)6-11-21(23)24(34-36)26(38)33-19-7-9-20(10-8-19)39-27-22(25(30)37)5-4-12-31-27/h4-6,11-15,19-20H,7-10H2,1-3H3,(H2,30,37)(H,33,38). The number of nitrogens with one attached hydrogen (secondary N) is 1. The molecule has 2 amide bonds. The second-order valence-corrected chi connectivity index (χ2v) is 10.4. The number of nitrogens with two attached hydrogens (primary N) is 1. The third kappa shape index (κ3) is 5.18. The van der Waals surface area contributed by atoms with Gasteiger partial charge in [0.05, 0.1) is 17.8 Å². The summed E-state index contributed by atoms with van der Waals surface area (Å²) >= 11 is 0. The number of amides is 2. The number of benzene rings is 1. The van der Waals surface area contributed by atoms with Gasteiger partial charge in [-0.1, -0.05) is 6.07 Å². The normalized spacial score (nSPS) is 17.5. The molecule has 1 aliphatic rings. The lowest BCUT2D eigenvalue weighted by atomic mass is 9.92. The second kappa shape index (κ2) is 10.2. The Morgan fingerprint density at radius 1 is 1.18 bits per heavy atom. The summed E-state index contributed by atoms with van der Waals surface area (Å²) in [5.74, 6) is -0.634. The van der Waals surface area contributed by atoms with Crippen LogP contribution in [0.1, 0.15) is 60.4 Å². The van der Waals surface area contributed by atoms with E-state index >= 15 is 0 Å². The van der Waals surface area contributed by atoms with Crippen molar-refractivity contribution in [3.05, 3.63) is 60.2 Å². The highest BCUT2D eigenvalue weighted by Crippen LogP contribution is 2.30. The van der Waals surface area contributed by atoms with Crippen LogP contribution in [-0.4, -0.2) is 48.5 Å². The van der Waals surface area contributed by atoms with Crippen LogP contribution in [0, 0.1) is 11.3 Å². The van der Waals surface area contributed by atoms with E-state index < -0.39 is 11.4 Å². The molecule has 11 nitrogen and oxygen atoms in total. The predicted molar refractivity (Wildman–Crippen MR) is 144 cm³/mol. The fourth-order valence-electron chi connectivity index (χ4n) is 4.91. The Morgan fingerprint density at radius 2 is 1.95 bits per heavy atom. The number of rotatable bonds is 7. The molecule has 0 unspecified atom stereocenters. The molecule has 0 aliphatic heterocycles. The van der Waals surface area contributed by atoms with Crippen molar-refractivity contribution in [3.8, 4) is 23.1 Å². The van der Waals surface area contributed by atoms with Gasteiger partial charge in [-0.15, -0.1) is 0 Å². The van der Waals surface area contributed by atoms with Crippen LogP contribution in [0.2, 0.25) is 0 Å². The molecule has 0 radical (unpaired) electrons. The molecule has 0 spiro atoms. The first-order valence-electron chi connectivity index (χ1n) is 12.8. The third-order valence-corrected chi connectivity index (χ3v) is 7.06. The average molecular weight is 527 g/mol. The van der Waals surface area contributed by atoms with Gasteiger partial charge in [-0.2, -0.15) is 15.5 Å². The number of hydrogen-bond acceptors (Lipinski definition) is 7. The second-order valence-electron chi connectivity index (χ2n) is 10.4. The fraction of sp³-hybridized carbons (Fsp3) is 0.357. The first-order valence-corrected chi connectivity index (χ1v) is 12.8. The van der Waals surface area contributed by atoms with Gasteiger partial charge in [-0.05, 0) is 69.4 Å². The minimum Gasteiger partial charge on any atom is -0.474 e. The molecule has 5 rings (SSSR count). The summed E-state index contributed by atoms with van der Waals surface area (Å²) in [6.45, 7) is 3.54. The maximum absolute atomic E-state index is 13.4. The van der Waals surface area contributed by atoms with Crippen LogP contribution in [0.25, 0.3) is 22.0 Å². The molecular formula is C28H30N8O3. The molecule has 3 aromatic heterocycles. The number of carbonyl (C=O) groups is 2. The molecule has 3 heterocycles. The Labute approximate surface area is 225 Å². The van der Waals surface area contributed by atoms with Crippen molar-refractivity contribution in [1.82, 2.24) is 29.9 Å². The van der Waals surface area contributed by atoms with Crippen LogP contribution in [0.15, 0.2) is 48.9 Å². The number of nitrogens with zero attached hydrogens (tertiary/aromatic N) is 6. The zero-order valence-electron chi connectivity index (χ0n) is 22.1. The average Bonchev–Trinajstić information content (AvgIpc) is 3.54. The summed E-state index contributed by atoms with van der Waals surface area (Å²) in [6, 6.07) is 11.2. The third-order valence-electron chi connectivity index (χ3n) is 7.06. The van der Waals surface area contributed by atoms with E-state index in [2.05, 4.69) is 26.6 Å². The molecule has 4 aromatic rings. The Kier molecular flexibility index (Phi) is 6.78. The number of fused-ring (bicyclic) bond motifs is 1. The molecular weight excluding hydrogens is 496 g/mol. The number of ether oxygens (including phenoxy) is 1. The molecule has 3 N–H and O–H groups in total. The van der Waals surface area contributed by atoms with Gasteiger partial charge in [-0.25, -0.2) is 9.67 Å². The zero-order chi connectivity index (χ0) is 27.7. The van der Waals surface area contributed by atoms with Gasteiger partial charge in [0.2, 0.25) is 5.88 Å². The van der Waals surface area contributed by atoms with Gasteiger partial charge in [0.1, 0.15) is 17.2 Å². The Morgan fingerprint density at radius 3 is 2.62 bits per heavy atom. The van der Waals surface area contributed by atoms with Crippen molar-refractivity contribution in [1.29, 1.82) is 5.26 Å². The molecule has 1 fully saturated rings. The van der Waals surface area contributed by atoms with E-state index in [9.17, 15) is 14.9 Å². The smallest absolute Gasteiger partial charge is 0.272 e. The van der Waals surface area contributed by atoms with Crippen LogP contribution in [0.4, 0.5) is 0 Å². The summed E-state index contributed by atoms with van der Waals surface area (Å²) < 4.78 is 9.31. The van der Waals surface area contributed by atoms with Crippen LogP contribution >= 0.6 is 0 Å². The van der Waals surface area contributed by atoms with Gasteiger partial charge in [0, 0.05) is 36.4 Å². The molecule has 39 heavy (non-hydrogen) atoms. The lowest BCUT2D eigenvalue weighted by molar-refractivity contribution is 0.0877. The predicted octanol–water partition coefficient (Wildman–Crippen LogP) is 3.31. The van der Waals surface area contributed by atoms with Gasteiger partial charge < -0.3 is 15.8 Å². The number of aromatic nitrogens is 5. The number of nitriles is 1. The molecule has 0 bridgehead atoms. The molecule has 1 saturated carbocycles. The highest BCUT2D eigenvalue weighted by atomic mass is 16.5. The first-order chi connectivity index (χ1) is 18.7. The minimum atomic E-state index is -0.963. The molecule has 1 aliphatic carbocycles. The van der Waals surface area contributed by atoms with Crippen LogP contribution < -0.4 is 15.8 Å². The SMILES string of the molecule is Cn1cc(-c2ccc3c(C(=O)NC4CCC(Oc5ncccc5C(N)=O)CC4)nn(C(C)(C)C#N)c3c2)cn1. The van der Waals surface area contributed by atoms with Crippen molar-refractivity contribution >= 4 is 22.7 Å². The quantitative estimate of drug-likeness (QED) is 0.374. The number of pyridine rings is 1. The van der Waals surface area contributed by atoms with E-state index in [1.807, 2.05) is 31.4 Å². The summed E-state index contributed by atoms with van der Waals surface area (Å²) in [5.41, 5.74) is 7.55. The summed E-state index contributed by atoms with van der Waals surface area (Å²) in [5, 5.41) is 22.5. The zero-order valence-corrected chi connectivity index (χ0v) is 22.1. The molecule has 11 heteroatoms. The monoisotopic (exact) mass is 526 g/mol. The van der Waals surface area contributed by atoms with E-state index in [1.165, 1.54) is 0 Å². The number of primary amides is 1. The Bertz CT molecular complexity index is 1590. The van der Waals surface area contributed by atoms with Crippen molar-refractivity contribution in [2.45, 2.75) is 57.2 Å². The molecule has 200 valence electrons. The summed E-state index contributed by atoms with van der Waals surface area (Å²) in [6.07, 6.45) is 7.88. The van der Waals surface area contributed by atoms with Crippen molar-refractivity contribution in [2.24, 2.45) is 12.8 Å². The molecule has 0 saturated heterocycles. The summed E-state index contributed by atoms with van der Waals surface area (Å²) in [7, 11) is 1.85. The van der Waals surface area contributed by atoms with E-state index in [4.69, 9.17) is 10.5 Å².